The molecule has 3 nitrogen and oxygen atoms in total. The van der Waals surface area contributed by atoms with E-state index in [0.717, 1.165) is 18.5 Å². The zero-order chi connectivity index (χ0) is 15.5. The molecule has 1 heterocycles. The summed E-state index contributed by atoms with van der Waals surface area (Å²) in [4.78, 5) is 15.0. The molecule has 1 amide bonds. The molecule has 0 saturated carbocycles. The number of nitrogens with zero attached hydrogens (tertiary/aromatic N) is 1. The number of amides is 1. The van der Waals surface area contributed by atoms with Crippen molar-refractivity contribution in [3.05, 3.63) is 70.8 Å². The van der Waals surface area contributed by atoms with Crippen LogP contribution in [0, 0.1) is 0 Å². The second-order valence-corrected chi connectivity index (χ2v) is 6.11. The van der Waals surface area contributed by atoms with Gasteiger partial charge in [-0.25, -0.2) is 0 Å². The molecule has 0 radical (unpaired) electrons. The van der Waals surface area contributed by atoms with E-state index in [1.54, 1.807) is 0 Å². The van der Waals surface area contributed by atoms with Crippen molar-refractivity contribution >= 4 is 23.1 Å². The van der Waals surface area contributed by atoms with E-state index in [1.807, 2.05) is 35.2 Å². The maximum atomic E-state index is 12.6. The van der Waals surface area contributed by atoms with Crippen LogP contribution in [0.25, 0.3) is 0 Å². The Bertz CT molecular complexity index is 709. The van der Waals surface area contributed by atoms with Crippen LogP contribution >= 0.6 is 12.2 Å². The number of hydrogen-bond donors (Lipinski definition) is 1. The van der Waals surface area contributed by atoms with Gasteiger partial charge in [-0.1, -0.05) is 48.6 Å². The van der Waals surface area contributed by atoms with E-state index in [9.17, 15) is 4.79 Å². The van der Waals surface area contributed by atoms with Gasteiger partial charge in [0.2, 0.25) is 0 Å². The zero-order valence-corrected chi connectivity index (χ0v) is 13.1. The molecule has 3 rings (SSSR count). The van der Waals surface area contributed by atoms with Gasteiger partial charge in [0.15, 0.2) is 0 Å². The van der Waals surface area contributed by atoms with E-state index in [-0.39, 0.29) is 5.91 Å². The summed E-state index contributed by atoms with van der Waals surface area (Å²) in [5, 5.41) is 0. The first kappa shape index (κ1) is 14.7. The highest BCUT2D eigenvalue weighted by Crippen LogP contribution is 2.20. The second-order valence-electron chi connectivity index (χ2n) is 5.59. The molecule has 22 heavy (non-hydrogen) atoms. The van der Waals surface area contributed by atoms with Crippen LogP contribution in [0.15, 0.2) is 48.5 Å². The highest BCUT2D eigenvalue weighted by molar-refractivity contribution is 7.80. The molecular weight excluding hydrogens is 292 g/mol. The lowest BCUT2D eigenvalue weighted by atomic mass is 9.99. The van der Waals surface area contributed by atoms with Gasteiger partial charge in [0, 0.05) is 25.1 Å². The molecule has 0 fully saturated rings. The minimum absolute atomic E-state index is 0.0800. The lowest BCUT2D eigenvalue weighted by Gasteiger charge is -2.29. The topological polar surface area (TPSA) is 46.3 Å². The molecule has 0 spiro atoms. The fourth-order valence-corrected chi connectivity index (χ4v) is 2.98. The van der Waals surface area contributed by atoms with Crippen LogP contribution in [-0.4, -0.2) is 22.3 Å². The van der Waals surface area contributed by atoms with Gasteiger partial charge in [0.25, 0.3) is 5.91 Å². The number of carbonyl (C=O) groups is 1. The maximum absolute atomic E-state index is 12.6. The van der Waals surface area contributed by atoms with Gasteiger partial charge in [0.05, 0.1) is 4.99 Å². The molecule has 0 bridgehead atoms. The fraction of sp³-hybridized carbons (Fsp3) is 0.222. The lowest BCUT2D eigenvalue weighted by Crippen LogP contribution is -2.35. The van der Waals surface area contributed by atoms with Crippen molar-refractivity contribution in [2.24, 2.45) is 5.73 Å². The van der Waals surface area contributed by atoms with Crippen LogP contribution in [0.5, 0.6) is 0 Å². The van der Waals surface area contributed by atoms with Gasteiger partial charge in [-0.05, 0) is 35.2 Å². The summed E-state index contributed by atoms with van der Waals surface area (Å²) in [6, 6.07) is 15.9. The Labute approximate surface area is 135 Å². The zero-order valence-electron chi connectivity index (χ0n) is 12.3. The smallest absolute Gasteiger partial charge is 0.254 e. The number of nitrogens with two attached hydrogens (primary N) is 1. The van der Waals surface area contributed by atoms with E-state index in [0.29, 0.717) is 23.5 Å². The molecule has 0 aromatic heterocycles. The molecule has 0 aliphatic carbocycles. The molecule has 112 valence electrons. The normalized spacial score (nSPS) is 13.5. The first-order valence-corrected chi connectivity index (χ1v) is 7.77. The Morgan fingerprint density at radius 3 is 2.45 bits per heavy atom. The summed E-state index contributed by atoms with van der Waals surface area (Å²) in [7, 11) is 0. The first-order valence-electron chi connectivity index (χ1n) is 7.37. The van der Waals surface area contributed by atoms with Crippen molar-refractivity contribution in [3.8, 4) is 0 Å². The number of thiocarbonyl (C=S) groups is 1. The molecule has 2 aromatic carbocycles. The molecule has 2 N–H and O–H groups in total. The molecule has 1 aliphatic rings. The summed E-state index contributed by atoms with van der Waals surface area (Å²) < 4.78 is 0. The molecule has 0 saturated heterocycles. The minimum Gasteiger partial charge on any atom is -0.393 e. The number of hydrogen-bond acceptors (Lipinski definition) is 2. The first-order chi connectivity index (χ1) is 10.6. The van der Waals surface area contributed by atoms with Gasteiger partial charge in [-0.15, -0.1) is 0 Å². The average molecular weight is 310 g/mol. The van der Waals surface area contributed by atoms with Crippen molar-refractivity contribution in [2.75, 3.05) is 6.54 Å². The molecular formula is C18H18N2OS. The van der Waals surface area contributed by atoms with Crippen LogP contribution in [0.1, 0.15) is 27.0 Å². The van der Waals surface area contributed by atoms with E-state index >= 15 is 0 Å². The maximum Gasteiger partial charge on any atom is 0.254 e. The molecule has 1 aliphatic heterocycles. The van der Waals surface area contributed by atoms with Crippen molar-refractivity contribution in [3.63, 3.8) is 0 Å². The third-order valence-electron chi connectivity index (χ3n) is 4.00. The summed E-state index contributed by atoms with van der Waals surface area (Å²) in [5.74, 6) is 0.0800. The van der Waals surface area contributed by atoms with Crippen LogP contribution in [0.3, 0.4) is 0 Å². The third kappa shape index (κ3) is 3.17. The Hall–Kier alpha value is -2.20. The predicted octanol–water partition coefficient (Wildman–Crippen LogP) is 2.71. The summed E-state index contributed by atoms with van der Waals surface area (Å²) in [6.07, 6.45) is 1.49. The van der Waals surface area contributed by atoms with Crippen LogP contribution in [0.4, 0.5) is 0 Å². The van der Waals surface area contributed by atoms with Gasteiger partial charge in [-0.2, -0.15) is 0 Å². The van der Waals surface area contributed by atoms with Crippen LogP contribution < -0.4 is 5.73 Å². The van der Waals surface area contributed by atoms with E-state index in [1.165, 1.54) is 11.1 Å². The molecule has 0 unspecified atom stereocenters. The largest absolute Gasteiger partial charge is 0.393 e. The Morgan fingerprint density at radius 2 is 1.77 bits per heavy atom. The summed E-state index contributed by atoms with van der Waals surface area (Å²) in [5.41, 5.74) is 9.88. The van der Waals surface area contributed by atoms with Gasteiger partial charge in [-0.3, -0.25) is 4.79 Å². The SMILES string of the molecule is NC(=S)Cc1ccc(C(=O)N2CCc3ccccc3C2)cc1. The van der Waals surface area contributed by atoms with Gasteiger partial charge < -0.3 is 10.6 Å². The van der Waals surface area contributed by atoms with Crippen molar-refractivity contribution in [2.45, 2.75) is 19.4 Å². The number of carbonyl (C=O) groups excluding carboxylic acids is 1. The van der Waals surface area contributed by atoms with Crippen molar-refractivity contribution in [1.82, 2.24) is 4.90 Å². The monoisotopic (exact) mass is 310 g/mol. The average Bonchev–Trinajstić information content (AvgIpc) is 2.54. The predicted molar refractivity (Wildman–Crippen MR) is 91.8 cm³/mol. The number of rotatable bonds is 3. The van der Waals surface area contributed by atoms with Gasteiger partial charge in [0.1, 0.15) is 0 Å². The number of benzene rings is 2. The van der Waals surface area contributed by atoms with Crippen LogP contribution in [-0.2, 0) is 19.4 Å². The van der Waals surface area contributed by atoms with Crippen LogP contribution in [0.2, 0.25) is 0 Å². The Balaban J connectivity index is 1.73. The lowest BCUT2D eigenvalue weighted by molar-refractivity contribution is 0.0734. The molecule has 0 atom stereocenters. The third-order valence-corrected chi connectivity index (χ3v) is 4.14. The Morgan fingerprint density at radius 1 is 1.09 bits per heavy atom. The van der Waals surface area contributed by atoms with E-state index in [2.05, 4.69) is 18.2 Å². The van der Waals surface area contributed by atoms with E-state index < -0.39 is 0 Å². The van der Waals surface area contributed by atoms with Crippen molar-refractivity contribution in [1.29, 1.82) is 0 Å². The quantitative estimate of drug-likeness (QED) is 0.887. The Kier molecular flexibility index (Phi) is 4.20. The minimum atomic E-state index is 0.0800. The van der Waals surface area contributed by atoms with Crippen molar-refractivity contribution < 1.29 is 4.79 Å². The molecule has 4 heteroatoms. The fourth-order valence-electron chi connectivity index (χ4n) is 2.82. The van der Waals surface area contributed by atoms with Gasteiger partial charge >= 0.3 is 0 Å². The number of fused-ring (bicyclic) bond motifs is 1. The second kappa shape index (κ2) is 6.28. The standard InChI is InChI=1S/C18H18N2OS/c19-17(22)11-13-5-7-15(8-6-13)18(21)20-10-9-14-3-1-2-4-16(14)12-20/h1-8H,9-12H2,(H2,19,22). The highest BCUT2D eigenvalue weighted by atomic mass is 32.1. The summed E-state index contributed by atoms with van der Waals surface area (Å²) >= 11 is 4.90. The highest BCUT2D eigenvalue weighted by Gasteiger charge is 2.21. The van der Waals surface area contributed by atoms with E-state index in [4.69, 9.17) is 18.0 Å². The summed E-state index contributed by atoms with van der Waals surface area (Å²) in [6.45, 7) is 1.45. The molecule has 2 aromatic rings.